The lowest BCUT2D eigenvalue weighted by Gasteiger charge is -2.09. The molecule has 1 aromatic rings. The van der Waals surface area contributed by atoms with Crippen molar-refractivity contribution in [1.82, 2.24) is 14.9 Å². The molecular weight excluding hydrogens is 224 g/mol. The maximum atomic E-state index is 11.0. The van der Waals surface area contributed by atoms with E-state index < -0.39 is 36.6 Å². The van der Waals surface area contributed by atoms with Crippen LogP contribution in [0.1, 0.15) is 6.41 Å². The molecule has 0 spiro atoms. The predicted molar refractivity (Wildman–Crippen MR) is 49.4 cm³/mol. The van der Waals surface area contributed by atoms with Crippen molar-refractivity contribution in [3.63, 3.8) is 0 Å². The van der Waals surface area contributed by atoms with E-state index in [-0.39, 0.29) is 0 Å². The maximum Gasteiger partial charge on any atom is 0.334 e. The molecule has 0 radical (unpaired) electrons. The van der Waals surface area contributed by atoms with E-state index in [1.807, 2.05) is 15.6 Å². The Morgan fingerprint density at radius 2 is 2.12 bits per heavy atom. The molecule has 0 fully saturated rings. The van der Waals surface area contributed by atoms with Crippen LogP contribution in [0.4, 0.5) is 10.6 Å². The number of hydrogen-bond donors (Lipinski definition) is 7. The van der Waals surface area contributed by atoms with Crippen LogP contribution in [-0.2, 0) is 0 Å². The largest absolute Gasteiger partial charge is 0.492 e. The Kier molecular flexibility index (Phi) is 3.50. The van der Waals surface area contributed by atoms with E-state index >= 15 is 0 Å². The summed E-state index contributed by atoms with van der Waals surface area (Å²) in [6.07, 6.45) is -2.23. The van der Waals surface area contributed by atoms with Crippen molar-refractivity contribution < 1.29 is 25.2 Å². The molecule has 2 amide bonds. The van der Waals surface area contributed by atoms with Crippen LogP contribution in [-0.4, -0.2) is 42.7 Å². The van der Waals surface area contributed by atoms with Gasteiger partial charge in [-0.2, -0.15) is 0 Å². The number of aromatic nitrogens is 2. The Bertz CT molecular complexity index is 435. The van der Waals surface area contributed by atoms with E-state index in [0.717, 1.165) is 0 Å². The summed E-state index contributed by atoms with van der Waals surface area (Å²) >= 11 is 0. The third-order valence-corrected chi connectivity index (χ3v) is 1.61. The average Bonchev–Trinajstić information content (AvgIpc) is 2.41. The number of nitrogens with one attached hydrogen (secondary N) is 3. The number of anilines is 1. The second kappa shape index (κ2) is 4.65. The molecule has 90 valence electrons. The maximum absolute atomic E-state index is 11.0. The number of aromatic amines is 1. The van der Waals surface area contributed by atoms with Gasteiger partial charge in [0.2, 0.25) is 12.3 Å². The first-order valence-electron chi connectivity index (χ1n) is 4.02. The number of nitrogens with zero attached hydrogens (tertiary/aromatic N) is 1. The lowest BCUT2D eigenvalue weighted by atomic mass is 10.6. The summed E-state index contributed by atoms with van der Waals surface area (Å²) < 4.78 is 0.298. The van der Waals surface area contributed by atoms with E-state index in [1.54, 1.807) is 0 Å². The molecule has 1 heterocycles. The quantitative estimate of drug-likeness (QED) is 0.284. The monoisotopic (exact) mass is 234 g/mol. The highest BCUT2D eigenvalue weighted by Crippen LogP contribution is 2.19. The molecule has 0 bridgehead atoms. The third-order valence-electron chi connectivity index (χ3n) is 1.61. The number of aromatic hydroxyl groups is 1. The van der Waals surface area contributed by atoms with Crippen LogP contribution < -0.4 is 16.3 Å². The molecule has 0 aliphatic rings. The normalized spacial score (nSPS) is 10.5. The number of carbonyl (C=O) groups excluding carboxylic acids is 1. The van der Waals surface area contributed by atoms with E-state index in [2.05, 4.69) is 0 Å². The zero-order valence-corrected chi connectivity index (χ0v) is 7.84. The van der Waals surface area contributed by atoms with Crippen LogP contribution >= 0.6 is 0 Å². The van der Waals surface area contributed by atoms with Gasteiger partial charge in [0.15, 0.2) is 5.82 Å². The highest BCUT2D eigenvalue weighted by Gasteiger charge is 2.19. The lowest BCUT2D eigenvalue weighted by Crippen LogP contribution is -2.32. The number of carbonyl (C=O) groups is 1. The predicted octanol–water partition coefficient (Wildman–Crippen LogP) is -2.61. The SMILES string of the molecule is O=C(NCO)Nc1c(O)[nH]c(=O)n1C(O)O. The first-order valence-corrected chi connectivity index (χ1v) is 4.02. The fraction of sp³-hybridized carbons (Fsp3) is 0.333. The van der Waals surface area contributed by atoms with E-state index in [0.29, 0.717) is 4.57 Å². The topological polar surface area (TPSA) is 160 Å². The van der Waals surface area contributed by atoms with Crippen molar-refractivity contribution in [1.29, 1.82) is 0 Å². The van der Waals surface area contributed by atoms with Crippen molar-refractivity contribution in [3.8, 4) is 5.88 Å². The summed E-state index contributed by atoms with van der Waals surface area (Å²) in [5.41, 5.74) is -1.02. The van der Waals surface area contributed by atoms with Gasteiger partial charge in [-0.15, -0.1) is 0 Å². The van der Waals surface area contributed by atoms with E-state index in [9.17, 15) is 14.7 Å². The standard InChI is InChI=1S/C6H10N4O6/c11-1-7-4(13)8-2-3(12)9-5(14)10(2)6(15)16/h6,11-12,15-16H,1H2,(H,9,14)(H2,7,8,13). The molecule has 1 aromatic heterocycles. The zero-order chi connectivity index (χ0) is 12.3. The molecule has 0 aliphatic heterocycles. The number of aliphatic hydroxyl groups excluding tert-OH is 2. The molecule has 0 atom stereocenters. The molecule has 7 N–H and O–H groups in total. The number of hydrogen-bond acceptors (Lipinski definition) is 6. The molecule has 16 heavy (non-hydrogen) atoms. The van der Waals surface area contributed by atoms with Crippen LogP contribution in [0.3, 0.4) is 0 Å². The third kappa shape index (κ3) is 2.31. The summed E-state index contributed by atoms with van der Waals surface area (Å²) in [5.74, 6) is -1.28. The molecule has 10 nitrogen and oxygen atoms in total. The van der Waals surface area contributed by atoms with Crippen molar-refractivity contribution in [2.75, 3.05) is 12.0 Å². The van der Waals surface area contributed by atoms with Gasteiger partial charge in [-0.25, -0.2) is 14.2 Å². The van der Waals surface area contributed by atoms with Crippen molar-refractivity contribution >= 4 is 11.8 Å². The molecule has 0 aromatic carbocycles. The first kappa shape index (κ1) is 12.0. The summed E-state index contributed by atoms with van der Waals surface area (Å²) in [7, 11) is 0. The van der Waals surface area contributed by atoms with Gasteiger partial charge in [0.1, 0.15) is 6.73 Å². The molecule has 0 saturated heterocycles. The summed E-state index contributed by atoms with van der Waals surface area (Å²) in [6, 6.07) is -0.939. The van der Waals surface area contributed by atoms with Gasteiger partial charge >= 0.3 is 11.7 Å². The average molecular weight is 234 g/mol. The van der Waals surface area contributed by atoms with E-state index in [4.69, 9.17) is 15.3 Å². The lowest BCUT2D eigenvalue weighted by molar-refractivity contribution is -0.102. The molecule has 0 aliphatic carbocycles. The van der Waals surface area contributed by atoms with E-state index in [1.165, 1.54) is 0 Å². The van der Waals surface area contributed by atoms with Crippen LogP contribution in [0.5, 0.6) is 5.88 Å². The van der Waals surface area contributed by atoms with Crippen molar-refractivity contribution in [2.24, 2.45) is 0 Å². The Balaban J connectivity index is 3.03. The molecule has 0 unspecified atom stereocenters. The Hall–Kier alpha value is -2.04. The van der Waals surface area contributed by atoms with Gasteiger partial charge in [-0.05, 0) is 0 Å². The molecule has 10 heteroatoms. The molecule has 1 rings (SSSR count). The zero-order valence-electron chi connectivity index (χ0n) is 7.84. The summed E-state index contributed by atoms with van der Waals surface area (Å²) in [4.78, 5) is 23.9. The second-order valence-corrected chi connectivity index (χ2v) is 2.63. The minimum atomic E-state index is -2.23. The van der Waals surface area contributed by atoms with Crippen LogP contribution in [0, 0.1) is 0 Å². The number of H-pyrrole nitrogens is 1. The summed E-state index contributed by atoms with van der Waals surface area (Å²) in [6.45, 7) is -0.664. The van der Waals surface area contributed by atoms with Crippen molar-refractivity contribution in [3.05, 3.63) is 10.5 Å². The fourth-order valence-electron chi connectivity index (χ4n) is 1.000. The Morgan fingerprint density at radius 1 is 1.50 bits per heavy atom. The number of rotatable bonds is 3. The number of amides is 2. The van der Waals surface area contributed by atoms with Crippen LogP contribution in [0.2, 0.25) is 0 Å². The second-order valence-electron chi connectivity index (χ2n) is 2.63. The number of imidazole rings is 1. The highest BCUT2D eigenvalue weighted by molar-refractivity contribution is 5.89. The Labute approximate surface area is 87.8 Å². The van der Waals surface area contributed by atoms with Crippen molar-refractivity contribution in [2.45, 2.75) is 6.41 Å². The minimum absolute atomic E-state index is 0.298. The van der Waals surface area contributed by atoms with Gasteiger partial charge in [0.05, 0.1) is 0 Å². The number of aliphatic hydroxyl groups is 3. The molecular formula is C6H10N4O6. The van der Waals surface area contributed by atoms with Gasteiger partial charge in [0.25, 0.3) is 0 Å². The first-order chi connectivity index (χ1) is 7.47. The van der Waals surface area contributed by atoms with Crippen LogP contribution in [0.25, 0.3) is 0 Å². The van der Waals surface area contributed by atoms with Gasteiger partial charge < -0.3 is 25.7 Å². The Morgan fingerprint density at radius 3 is 2.62 bits per heavy atom. The van der Waals surface area contributed by atoms with Gasteiger partial charge in [-0.3, -0.25) is 10.3 Å². The van der Waals surface area contributed by atoms with Gasteiger partial charge in [-0.1, -0.05) is 0 Å². The number of urea groups is 1. The molecule has 0 saturated carbocycles. The van der Waals surface area contributed by atoms with Gasteiger partial charge in [0, 0.05) is 0 Å². The van der Waals surface area contributed by atoms with Crippen LogP contribution in [0.15, 0.2) is 4.79 Å². The summed E-state index contributed by atoms with van der Waals surface area (Å²) in [5, 5.41) is 39.0. The minimum Gasteiger partial charge on any atom is -0.492 e. The highest BCUT2D eigenvalue weighted by atomic mass is 16.5. The smallest absolute Gasteiger partial charge is 0.334 e. The fourth-order valence-corrected chi connectivity index (χ4v) is 1.000.